The maximum absolute atomic E-state index is 5.35. The number of aryl methyl sites for hydroxylation is 3. The molecule has 0 fully saturated rings. The van der Waals surface area contributed by atoms with Gasteiger partial charge in [0.2, 0.25) is 0 Å². The van der Waals surface area contributed by atoms with Crippen LogP contribution in [0.3, 0.4) is 0 Å². The van der Waals surface area contributed by atoms with Crippen molar-refractivity contribution >= 4 is 33.9 Å². The Morgan fingerprint density at radius 3 is 1.16 bits per heavy atom. The van der Waals surface area contributed by atoms with Crippen molar-refractivity contribution in [2.24, 2.45) is 36.1 Å². The average molecular weight is 1250 g/mol. The van der Waals surface area contributed by atoms with Gasteiger partial charge in [-0.25, -0.2) is 28.7 Å². The van der Waals surface area contributed by atoms with Gasteiger partial charge in [0.05, 0.1) is 34.2 Å². The fourth-order valence-corrected chi connectivity index (χ4v) is 6.94. The van der Waals surface area contributed by atoms with Gasteiger partial charge in [-0.05, 0) is 82.0 Å². The molecule has 8 bridgehead atoms. The van der Waals surface area contributed by atoms with E-state index in [1.807, 2.05) is 46.8 Å². The summed E-state index contributed by atoms with van der Waals surface area (Å²) in [5.41, 5.74) is 14.7. The van der Waals surface area contributed by atoms with E-state index < -0.39 is 0 Å². The van der Waals surface area contributed by atoms with Crippen LogP contribution >= 0.6 is 0 Å². The quantitative estimate of drug-likeness (QED) is 0.117. The van der Waals surface area contributed by atoms with Crippen molar-refractivity contribution in [1.29, 1.82) is 0 Å². The van der Waals surface area contributed by atoms with Gasteiger partial charge >= 0.3 is 19.5 Å². The number of allylic oxidation sites excluding steroid dienone is 11. The van der Waals surface area contributed by atoms with Crippen LogP contribution in [0.5, 0.6) is 0 Å². The van der Waals surface area contributed by atoms with Crippen molar-refractivity contribution in [2.45, 2.75) is 0 Å². The molecule has 4 aromatic heterocycles. The Labute approximate surface area is 414 Å². The Bertz CT molecular complexity index is 2560. The predicted octanol–water partition coefficient (Wildman–Crippen LogP) is -6.62. The van der Waals surface area contributed by atoms with E-state index >= 15 is 0 Å². The van der Waals surface area contributed by atoms with E-state index in [0.717, 1.165) is 90.2 Å². The minimum Gasteiger partial charge on any atom is -1.00 e. The first kappa shape index (κ1) is 46.4. The molecule has 5 aliphatic heterocycles. The van der Waals surface area contributed by atoms with Crippen LogP contribution in [-0.4, -0.2) is 29.1 Å². The normalized spacial score (nSPS) is 16.1. The van der Waals surface area contributed by atoms with Crippen LogP contribution in [0.15, 0.2) is 190 Å². The second kappa shape index (κ2) is 19.7. The van der Waals surface area contributed by atoms with Crippen molar-refractivity contribution < 1.29 is 129 Å². The molecule has 0 saturated carbocycles. The van der Waals surface area contributed by atoms with Gasteiger partial charge < -0.3 is 106 Å². The summed E-state index contributed by atoms with van der Waals surface area (Å²) >= 11 is 0. The number of hydrogen-bond donors (Lipinski definition) is 0. The smallest absolute Gasteiger partial charge is 1.00 e. The van der Waals surface area contributed by atoms with E-state index in [1.54, 1.807) is 0 Å². The van der Waals surface area contributed by atoms with Crippen LogP contribution in [0.4, 0.5) is 0 Å². The number of aliphatic imine (C=N–C) groups is 3. The monoisotopic (exact) mass is 1250 g/mol. The van der Waals surface area contributed by atoms with Gasteiger partial charge in [-0.1, -0.05) is 12.1 Å². The minimum atomic E-state index is 0. The van der Waals surface area contributed by atoms with Gasteiger partial charge in [0.25, 0.3) is 0 Å². The van der Waals surface area contributed by atoms with Crippen molar-refractivity contribution in [3.8, 4) is 0 Å². The van der Waals surface area contributed by atoms with Crippen LogP contribution in [0.25, 0.3) is 16.7 Å². The summed E-state index contributed by atoms with van der Waals surface area (Å²) in [6, 6.07) is 16.9. The molecule has 0 atom stereocenters. The van der Waals surface area contributed by atoms with Crippen LogP contribution in [0.1, 0.15) is 28.1 Å². The molecule has 5 aliphatic rings. The number of nitrogens with zero attached hydrogens (tertiary/aromatic N) is 8. The van der Waals surface area contributed by atoms with E-state index in [9.17, 15) is 0 Å². The molecule has 13 heteroatoms. The molecule has 0 amide bonds. The Hall–Kier alpha value is -3.26. The zero-order chi connectivity index (χ0) is 35.3. The molecule has 0 aromatic carbocycles. The number of pyridine rings is 3. The molecule has 8 nitrogen and oxygen atoms in total. The van der Waals surface area contributed by atoms with Gasteiger partial charge in [0, 0.05) is 67.0 Å². The molecule has 0 aliphatic carbocycles. The molecule has 57 heavy (non-hydrogen) atoms. The average Bonchev–Trinajstić information content (AvgIpc) is 3.99. The summed E-state index contributed by atoms with van der Waals surface area (Å²) in [7, 11) is 8.10. The van der Waals surface area contributed by atoms with Crippen LogP contribution in [0.2, 0.25) is 0 Å². The third-order valence-electron chi connectivity index (χ3n) is 9.68. The summed E-state index contributed by atoms with van der Waals surface area (Å²) in [5, 5.41) is 0. The predicted molar refractivity (Wildman–Crippen MR) is 204 cm³/mol. The first-order valence-electron chi connectivity index (χ1n) is 17.3. The van der Waals surface area contributed by atoms with Crippen LogP contribution < -0.4 is 115 Å². The minimum absolute atomic E-state index is 0. The number of aromatic nitrogens is 4. The largest absolute Gasteiger partial charge is 2.00 e. The summed E-state index contributed by atoms with van der Waals surface area (Å²) in [5.74, 6) is 0. The number of hydrogen-bond acceptors (Lipinski definition) is 4. The van der Waals surface area contributed by atoms with Gasteiger partial charge in [0.15, 0.2) is 37.2 Å². The van der Waals surface area contributed by atoms with Gasteiger partial charge in [0.1, 0.15) is 21.1 Å². The molecule has 282 valence electrons. The van der Waals surface area contributed by atoms with E-state index in [4.69, 9.17) is 20.0 Å². The Kier molecular flexibility index (Phi) is 16.0. The van der Waals surface area contributed by atoms with E-state index in [2.05, 4.69) is 147 Å². The third-order valence-corrected chi connectivity index (χ3v) is 9.68. The van der Waals surface area contributed by atoms with Gasteiger partial charge in [-0.3, -0.25) is 0 Å². The fraction of sp³-hybridized carbons (Fsp3) is 0.0909. The van der Waals surface area contributed by atoms with Crippen LogP contribution in [0, 0.1) is 0 Å². The standard InChI is InChI=1S/C44H36N8.4HI.Zn/c1-49-21-13-29(14-22-49)41-33-5-7-35(45-33)42(30-15-23-50(2)24-16-30)37-9-11-39(47-37)44(32-19-27-52(4)28-20-32)40-12-10-38(48-40)43(36-8-6-34(41)46-36)31-17-25-51(3)26-18-31;;;;;/h5-28H,1-4H3;4*1H;/q+2;;;;;+2/p-4. The second-order valence-electron chi connectivity index (χ2n) is 13.4. The van der Waals surface area contributed by atoms with E-state index in [1.165, 1.54) is 0 Å². The number of rotatable bonds is 3. The Morgan fingerprint density at radius 1 is 0.439 bits per heavy atom. The zero-order valence-corrected chi connectivity index (χ0v) is 43.3. The van der Waals surface area contributed by atoms with Gasteiger partial charge in [-0.15, -0.1) is 11.4 Å². The maximum Gasteiger partial charge on any atom is 2.00 e. The molecule has 9 heterocycles. The first-order valence-corrected chi connectivity index (χ1v) is 17.3. The topological polar surface area (TPSA) is 66.1 Å². The maximum atomic E-state index is 5.35. The van der Waals surface area contributed by atoms with Crippen molar-refractivity contribution in [1.82, 2.24) is 9.88 Å². The first-order chi connectivity index (χ1) is 25.4. The Balaban J connectivity index is 0.00000144. The molecule has 4 aromatic rings. The molecule has 0 radical (unpaired) electrons. The summed E-state index contributed by atoms with van der Waals surface area (Å²) < 4.78 is 6.11. The summed E-state index contributed by atoms with van der Waals surface area (Å²) in [6.45, 7) is 0. The van der Waals surface area contributed by atoms with Crippen molar-refractivity contribution in [2.75, 3.05) is 7.05 Å². The Morgan fingerprint density at radius 2 is 0.772 bits per heavy atom. The fourth-order valence-electron chi connectivity index (χ4n) is 6.94. The van der Waals surface area contributed by atoms with Gasteiger partial charge in [-0.2, -0.15) is 0 Å². The third kappa shape index (κ3) is 9.32. The molecule has 0 N–H and O–H groups in total. The molecular weight excluding hydrogens is 1210 g/mol. The number of fused-ring (bicyclic) bond motifs is 5. The molecule has 0 spiro atoms. The second-order valence-corrected chi connectivity index (χ2v) is 13.4. The van der Waals surface area contributed by atoms with E-state index in [-0.39, 0.29) is 115 Å². The molecule has 0 saturated heterocycles. The SMILES string of the molecule is CN1C=CC(=C2C3=NC(=C(c4cc[n+](C)cc4)C4=NC(=C(c5cc[n+](C)cc5)c5ccc([n-]5)C(c5cc[n+](C)cc5)=C5C=CC2=N5)C=C4)C=C3)C=C1.[I-].[I-].[I-].[I-].[Zn+2]. The number of halogens is 4. The summed E-state index contributed by atoms with van der Waals surface area (Å²) in [6.07, 6.45) is 33.3. The van der Waals surface area contributed by atoms with E-state index in [0.29, 0.717) is 0 Å². The molecular formula is C44H36I4N8Zn. The molecule has 0 unspecified atom stereocenters. The van der Waals surface area contributed by atoms with Crippen LogP contribution in [-0.2, 0) is 40.6 Å². The van der Waals surface area contributed by atoms with Crippen molar-refractivity contribution in [3.05, 3.63) is 203 Å². The molecule has 9 rings (SSSR count). The zero-order valence-electron chi connectivity index (χ0n) is 31.7. The van der Waals surface area contributed by atoms with Crippen molar-refractivity contribution in [3.63, 3.8) is 0 Å². The summed E-state index contributed by atoms with van der Waals surface area (Å²) in [4.78, 5) is 23.4.